The predicted octanol–water partition coefficient (Wildman–Crippen LogP) is 3.60. The van der Waals surface area contributed by atoms with E-state index in [1.807, 2.05) is 36.4 Å². The highest BCUT2D eigenvalue weighted by Gasteiger charge is 2.32. The summed E-state index contributed by atoms with van der Waals surface area (Å²) < 4.78 is 1.05. The van der Waals surface area contributed by atoms with Gasteiger partial charge in [0.2, 0.25) is 11.8 Å². The number of benzene rings is 1. The van der Waals surface area contributed by atoms with E-state index in [0.29, 0.717) is 6.54 Å². The van der Waals surface area contributed by atoms with Crippen molar-refractivity contribution in [1.29, 1.82) is 0 Å². The lowest BCUT2D eigenvalue weighted by molar-refractivity contribution is -0.134. The number of likely N-dealkylation sites (N-methyl/N-ethyl adjacent to an activating group) is 1. The molecule has 0 spiro atoms. The van der Waals surface area contributed by atoms with Crippen molar-refractivity contribution in [2.45, 2.75) is 18.9 Å². The molecule has 0 saturated heterocycles. The van der Waals surface area contributed by atoms with Crippen LogP contribution >= 0.6 is 27.3 Å². The summed E-state index contributed by atoms with van der Waals surface area (Å²) in [5.74, 6) is -0.533. The number of fused-ring (bicyclic) bond motifs is 1. The number of rotatable bonds is 3. The molecule has 1 aliphatic rings. The first-order valence-electron chi connectivity index (χ1n) is 6.92. The first-order valence-corrected chi connectivity index (χ1v) is 8.53. The lowest BCUT2D eigenvalue weighted by Crippen LogP contribution is -2.35. The number of anilines is 1. The van der Waals surface area contributed by atoms with Crippen molar-refractivity contribution in [2.75, 3.05) is 12.4 Å². The molecule has 22 heavy (non-hydrogen) atoms. The smallest absolute Gasteiger partial charge is 0.230 e. The molecule has 1 N–H and O–H groups in total. The van der Waals surface area contributed by atoms with Gasteiger partial charge in [-0.2, -0.15) is 0 Å². The van der Waals surface area contributed by atoms with Gasteiger partial charge in [-0.3, -0.25) is 9.59 Å². The fraction of sp³-hybridized carbons (Fsp3) is 0.250. The highest BCUT2D eigenvalue weighted by molar-refractivity contribution is 9.11. The molecule has 2 amide bonds. The Bertz CT molecular complexity index is 728. The summed E-state index contributed by atoms with van der Waals surface area (Å²) in [6.07, 6.45) is 0.203. The molecule has 0 fully saturated rings. The molecule has 114 valence electrons. The van der Waals surface area contributed by atoms with Gasteiger partial charge >= 0.3 is 0 Å². The van der Waals surface area contributed by atoms with Crippen molar-refractivity contribution in [1.82, 2.24) is 4.90 Å². The van der Waals surface area contributed by atoms with Gasteiger partial charge in [-0.05, 0) is 39.7 Å². The molecule has 0 radical (unpaired) electrons. The Morgan fingerprint density at radius 3 is 2.86 bits per heavy atom. The van der Waals surface area contributed by atoms with Crippen LogP contribution in [0.15, 0.2) is 40.2 Å². The third kappa shape index (κ3) is 3.08. The summed E-state index contributed by atoms with van der Waals surface area (Å²) >= 11 is 5.04. The van der Waals surface area contributed by atoms with Crippen molar-refractivity contribution in [3.63, 3.8) is 0 Å². The van der Waals surface area contributed by atoms with Gasteiger partial charge in [0, 0.05) is 24.0 Å². The number of hydrogen-bond donors (Lipinski definition) is 1. The monoisotopic (exact) mass is 378 g/mol. The molecule has 3 rings (SSSR count). The summed E-state index contributed by atoms with van der Waals surface area (Å²) in [4.78, 5) is 27.4. The maximum absolute atomic E-state index is 12.8. The van der Waals surface area contributed by atoms with Gasteiger partial charge in [-0.15, -0.1) is 11.3 Å². The Kier molecular flexibility index (Phi) is 4.31. The van der Waals surface area contributed by atoms with Crippen LogP contribution in [0.3, 0.4) is 0 Å². The molecule has 2 aromatic rings. The van der Waals surface area contributed by atoms with E-state index >= 15 is 0 Å². The van der Waals surface area contributed by atoms with E-state index in [4.69, 9.17) is 0 Å². The Morgan fingerprint density at radius 1 is 1.36 bits per heavy atom. The topological polar surface area (TPSA) is 49.4 Å². The number of thiophene rings is 1. The number of hydrogen-bond acceptors (Lipinski definition) is 3. The summed E-state index contributed by atoms with van der Waals surface area (Å²) in [6, 6.07) is 11.5. The minimum Gasteiger partial charge on any atom is -0.340 e. The van der Waals surface area contributed by atoms with Gasteiger partial charge in [0.05, 0.1) is 16.2 Å². The second-order valence-electron chi connectivity index (χ2n) is 5.29. The third-order valence-corrected chi connectivity index (χ3v) is 5.30. The molecule has 1 unspecified atom stereocenters. The number of para-hydroxylation sites is 1. The van der Waals surface area contributed by atoms with E-state index in [2.05, 4.69) is 21.2 Å². The van der Waals surface area contributed by atoms with Gasteiger partial charge in [0.15, 0.2) is 0 Å². The van der Waals surface area contributed by atoms with E-state index < -0.39 is 5.92 Å². The van der Waals surface area contributed by atoms with Crippen molar-refractivity contribution in [3.05, 3.63) is 50.6 Å². The Labute approximate surface area is 141 Å². The van der Waals surface area contributed by atoms with Crippen LogP contribution in [-0.4, -0.2) is 23.8 Å². The molecular weight excluding hydrogens is 364 g/mol. The maximum atomic E-state index is 12.8. The predicted molar refractivity (Wildman–Crippen MR) is 90.9 cm³/mol. The fourth-order valence-electron chi connectivity index (χ4n) is 2.65. The number of carbonyl (C=O) groups is 2. The van der Waals surface area contributed by atoms with Crippen LogP contribution in [-0.2, 0) is 16.1 Å². The molecule has 1 aromatic heterocycles. The highest BCUT2D eigenvalue weighted by Crippen LogP contribution is 2.33. The van der Waals surface area contributed by atoms with E-state index in [0.717, 1.165) is 19.9 Å². The molecule has 1 aliphatic heterocycles. The van der Waals surface area contributed by atoms with Crippen LogP contribution < -0.4 is 5.32 Å². The maximum Gasteiger partial charge on any atom is 0.230 e. The Morgan fingerprint density at radius 2 is 2.14 bits per heavy atom. The average Bonchev–Trinajstić information content (AvgIpc) is 2.90. The zero-order chi connectivity index (χ0) is 15.7. The standard InChI is InChI=1S/C16H15BrN2O2S/c1-19(9-10-6-7-14(17)22-10)16(21)12-8-15(20)18-13-5-3-2-4-11(12)13/h2-7,12H,8-9H2,1H3,(H,18,20). The van der Waals surface area contributed by atoms with Crippen molar-refractivity contribution in [2.24, 2.45) is 0 Å². The van der Waals surface area contributed by atoms with E-state index in [-0.39, 0.29) is 18.2 Å². The molecule has 0 aliphatic carbocycles. The third-order valence-electron chi connectivity index (χ3n) is 3.70. The summed E-state index contributed by atoms with van der Waals surface area (Å²) in [7, 11) is 1.78. The molecule has 6 heteroatoms. The molecule has 4 nitrogen and oxygen atoms in total. The molecule has 2 heterocycles. The van der Waals surface area contributed by atoms with Crippen molar-refractivity contribution >= 4 is 44.8 Å². The molecule has 1 aromatic carbocycles. The SMILES string of the molecule is CN(Cc1ccc(Br)s1)C(=O)C1CC(=O)Nc2ccccc21. The molecular formula is C16H15BrN2O2S. The van der Waals surface area contributed by atoms with Gasteiger partial charge in [-0.1, -0.05) is 18.2 Å². The fourth-order valence-corrected chi connectivity index (χ4v) is 4.18. The number of carbonyl (C=O) groups excluding carboxylic acids is 2. The summed E-state index contributed by atoms with van der Waals surface area (Å²) in [6.45, 7) is 0.551. The van der Waals surface area contributed by atoms with Gasteiger partial charge in [-0.25, -0.2) is 0 Å². The van der Waals surface area contributed by atoms with Crippen LogP contribution in [0.25, 0.3) is 0 Å². The number of nitrogens with zero attached hydrogens (tertiary/aromatic N) is 1. The normalized spacial score (nSPS) is 16.8. The first-order chi connectivity index (χ1) is 10.5. The minimum atomic E-state index is -0.404. The quantitative estimate of drug-likeness (QED) is 0.886. The first kappa shape index (κ1) is 15.2. The highest BCUT2D eigenvalue weighted by atomic mass is 79.9. The number of amides is 2. The van der Waals surface area contributed by atoms with Crippen LogP contribution in [0.4, 0.5) is 5.69 Å². The van der Waals surface area contributed by atoms with Crippen LogP contribution in [0.2, 0.25) is 0 Å². The van der Waals surface area contributed by atoms with Gasteiger partial charge in [0.25, 0.3) is 0 Å². The van der Waals surface area contributed by atoms with Crippen LogP contribution in [0.5, 0.6) is 0 Å². The van der Waals surface area contributed by atoms with Crippen LogP contribution in [0, 0.1) is 0 Å². The molecule has 1 atom stereocenters. The number of halogens is 1. The second-order valence-corrected chi connectivity index (χ2v) is 7.84. The van der Waals surface area contributed by atoms with Gasteiger partial charge in [0.1, 0.15) is 0 Å². The van der Waals surface area contributed by atoms with E-state index in [1.165, 1.54) is 0 Å². The minimum absolute atomic E-state index is 0.0215. The average molecular weight is 379 g/mol. The van der Waals surface area contributed by atoms with Crippen molar-refractivity contribution < 1.29 is 9.59 Å². The zero-order valence-electron chi connectivity index (χ0n) is 12.0. The summed E-state index contributed by atoms with van der Waals surface area (Å²) in [5, 5.41) is 2.82. The molecule has 0 bridgehead atoms. The lowest BCUT2D eigenvalue weighted by atomic mass is 9.89. The zero-order valence-corrected chi connectivity index (χ0v) is 14.4. The van der Waals surface area contributed by atoms with Gasteiger partial charge < -0.3 is 10.2 Å². The van der Waals surface area contributed by atoms with E-state index in [9.17, 15) is 9.59 Å². The second kappa shape index (κ2) is 6.22. The largest absolute Gasteiger partial charge is 0.340 e. The number of nitrogens with one attached hydrogen (secondary N) is 1. The van der Waals surface area contributed by atoms with Crippen LogP contribution in [0.1, 0.15) is 22.8 Å². The van der Waals surface area contributed by atoms with Crippen molar-refractivity contribution in [3.8, 4) is 0 Å². The Hall–Kier alpha value is -1.66. The van der Waals surface area contributed by atoms with E-state index in [1.54, 1.807) is 23.3 Å². The summed E-state index contributed by atoms with van der Waals surface area (Å²) in [5.41, 5.74) is 1.63. The lowest BCUT2D eigenvalue weighted by Gasteiger charge is -2.28. The Balaban J connectivity index is 1.81. The molecule has 0 saturated carbocycles.